The Bertz CT molecular complexity index is 851. The molecule has 2 aromatic carbocycles. The maximum atomic E-state index is 12.6. The van der Waals surface area contributed by atoms with Gasteiger partial charge in [-0.1, -0.05) is 36.4 Å². The first-order valence-corrected chi connectivity index (χ1v) is 8.42. The van der Waals surface area contributed by atoms with Crippen molar-refractivity contribution >= 4 is 23.1 Å². The van der Waals surface area contributed by atoms with Crippen LogP contribution in [-0.4, -0.2) is 22.9 Å². The van der Waals surface area contributed by atoms with Gasteiger partial charge in [-0.3, -0.25) is 14.6 Å². The zero-order chi connectivity index (χ0) is 18.0. The minimum absolute atomic E-state index is 0.0490. The molecule has 0 atom stereocenters. The molecule has 0 unspecified atom stereocenters. The Hall–Kier alpha value is -2.75. The van der Waals surface area contributed by atoms with E-state index < -0.39 is 0 Å². The molecule has 4 nitrogen and oxygen atoms in total. The van der Waals surface area contributed by atoms with Gasteiger partial charge in [-0.05, 0) is 38.0 Å². The molecule has 2 aromatic rings. The fourth-order valence-corrected chi connectivity index (χ4v) is 3.22. The van der Waals surface area contributed by atoms with Crippen molar-refractivity contribution in [2.24, 2.45) is 4.99 Å². The fourth-order valence-electron chi connectivity index (χ4n) is 3.22. The van der Waals surface area contributed by atoms with Gasteiger partial charge in [0, 0.05) is 23.7 Å². The van der Waals surface area contributed by atoms with E-state index in [0.717, 1.165) is 28.9 Å². The molecule has 1 heterocycles. The number of rotatable bonds is 4. The largest absolute Gasteiger partial charge is 0.326 e. The Morgan fingerprint density at radius 2 is 1.84 bits per heavy atom. The number of carbonyl (C=O) groups is 2. The smallest absolute Gasteiger partial charge is 0.221 e. The molecule has 128 valence electrons. The second-order valence-electron chi connectivity index (χ2n) is 7.07. The number of anilines is 1. The lowest BCUT2D eigenvalue weighted by Gasteiger charge is -2.29. The molecule has 1 aliphatic rings. The monoisotopic (exact) mass is 334 g/mol. The van der Waals surface area contributed by atoms with Crippen molar-refractivity contribution in [2.45, 2.75) is 39.2 Å². The molecule has 0 saturated heterocycles. The average Bonchev–Trinajstić information content (AvgIpc) is 2.55. The number of ketones is 1. The summed E-state index contributed by atoms with van der Waals surface area (Å²) in [7, 11) is 0. The zero-order valence-corrected chi connectivity index (χ0v) is 14.8. The number of hydrogen-bond donors (Lipinski definition) is 1. The van der Waals surface area contributed by atoms with Gasteiger partial charge in [-0.2, -0.15) is 0 Å². The number of nitrogens with zero attached hydrogens (tertiary/aromatic N) is 1. The van der Waals surface area contributed by atoms with Gasteiger partial charge in [-0.25, -0.2) is 0 Å². The van der Waals surface area contributed by atoms with E-state index in [-0.39, 0.29) is 23.7 Å². The Balaban J connectivity index is 1.96. The SMILES string of the molecule is CC(=O)Nc1ccc2c(c1)C(CC(=O)c1ccccc1)=NC(C)(C)C2. The standard InChI is InChI=1S/C21H22N2O2/c1-14(24)22-17-10-9-16-13-21(2,3)23-19(18(16)11-17)12-20(25)15-7-5-4-6-8-15/h4-11H,12-13H2,1-3H3,(H,22,24). The summed E-state index contributed by atoms with van der Waals surface area (Å²) < 4.78 is 0. The summed E-state index contributed by atoms with van der Waals surface area (Å²) in [5.74, 6) is -0.0668. The molecule has 25 heavy (non-hydrogen) atoms. The highest BCUT2D eigenvalue weighted by atomic mass is 16.1. The normalized spacial score (nSPS) is 15.1. The quantitative estimate of drug-likeness (QED) is 0.858. The van der Waals surface area contributed by atoms with Crippen LogP contribution in [0, 0.1) is 0 Å². The van der Waals surface area contributed by atoms with Crippen LogP contribution in [0.1, 0.15) is 48.7 Å². The first kappa shape index (κ1) is 17.1. The molecule has 1 amide bonds. The number of benzene rings is 2. The Morgan fingerprint density at radius 1 is 1.12 bits per heavy atom. The number of carbonyl (C=O) groups excluding carboxylic acids is 2. The molecule has 3 rings (SSSR count). The molecule has 1 aliphatic heterocycles. The summed E-state index contributed by atoms with van der Waals surface area (Å²) in [5.41, 5.74) is 4.07. The van der Waals surface area contributed by atoms with Crippen molar-refractivity contribution in [3.8, 4) is 0 Å². The number of nitrogens with one attached hydrogen (secondary N) is 1. The van der Waals surface area contributed by atoms with Gasteiger partial charge < -0.3 is 5.32 Å². The number of amides is 1. The first-order chi connectivity index (χ1) is 11.8. The van der Waals surface area contributed by atoms with Crippen LogP contribution in [0.4, 0.5) is 5.69 Å². The summed E-state index contributed by atoms with van der Waals surface area (Å²) >= 11 is 0. The van der Waals surface area contributed by atoms with Crippen LogP contribution in [0.2, 0.25) is 0 Å². The second-order valence-corrected chi connectivity index (χ2v) is 7.07. The number of Topliss-reactive ketones (excluding diaryl/α,β-unsaturated/α-hetero) is 1. The van der Waals surface area contributed by atoms with E-state index in [2.05, 4.69) is 19.2 Å². The molecule has 0 radical (unpaired) electrons. The van der Waals surface area contributed by atoms with Gasteiger partial charge in [-0.15, -0.1) is 0 Å². The number of fused-ring (bicyclic) bond motifs is 1. The number of hydrogen-bond acceptors (Lipinski definition) is 3. The Kier molecular flexibility index (Phi) is 4.53. The Morgan fingerprint density at radius 3 is 2.52 bits per heavy atom. The van der Waals surface area contributed by atoms with Crippen molar-refractivity contribution in [1.82, 2.24) is 0 Å². The van der Waals surface area contributed by atoms with Crippen LogP contribution in [0.3, 0.4) is 0 Å². The van der Waals surface area contributed by atoms with Crippen molar-refractivity contribution in [1.29, 1.82) is 0 Å². The van der Waals surface area contributed by atoms with Gasteiger partial charge in [0.1, 0.15) is 0 Å². The van der Waals surface area contributed by atoms with E-state index in [1.165, 1.54) is 6.92 Å². The highest BCUT2D eigenvalue weighted by Gasteiger charge is 2.28. The first-order valence-electron chi connectivity index (χ1n) is 8.42. The third-order valence-corrected chi connectivity index (χ3v) is 4.23. The molecule has 0 saturated carbocycles. The van der Waals surface area contributed by atoms with Crippen LogP contribution in [0.15, 0.2) is 53.5 Å². The van der Waals surface area contributed by atoms with Crippen LogP contribution < -0.4 is 5.32 Å². The predicted octanol–water partition coefficient (Wildman–Crippen LogP) is 4.04. The van der Waals surface area contributed by atoms with Crippen LogP contribution in [0.25, 0.3) is 0 Å². The van der Waals surface area contributed by atoms with Crippen molar-refractivity contribution < 1.29 is 9.59 Å². The second kappa shape index (κ2) is 6.63. The third-order valence-electron chi connectivity index (χ3n) is 4.23. The molecule has 1 N–H and O–H groups in total. The average molecular weight is 334 g/mol. The summed E-state index contributed by atoms with van der Waals surface area (Å²) in [6.45, 7) is 5.63. The zero-order valence-electron chi connectivity index (χ0n) is 14.8. The van der Waals surface area contributed by atoms with Crippen molar-refractivity contribution in [3.63, 3.8) is 0 Å². The highest BCUT2D eigenvalue weighted by Crippen LogP contribution is 2.30. The molecular formula is C21H22N2O2. The third kappa shape index (κ3) is 4.02. The molecule has 0 aliphatic carbocycles. The van der Waals surface area contributed by atoms with E-state index >= 15 is 0 Å². The topological polar surface area (TPSA) is 58.5 Å². The van der Waals surface area contributed by atoms with Crippen molar-refractivity contribution in [2.75, 3.05) is 5.32 Å². The minimum Gasteiger partial charge on any atom is -0.326 e. The lowest BCUT2D eigenvalue weighted by Crippen LogP contribution is -2.30. The van der Waals surface area contributed by atoms with E-state index in [1.807, 2.05) is 48.5 Å². The maximum Gasteiger partial charge on any atom is 0.221 e. The van der Waals surface area contributed by atoms with Gasteiger partial charge >= 0.3 is 0 Å². The molecule has 0 bridgehead atoms. The molecule has 0 fully saturated rings. The molecule has 0 aromatic heterocycles. The Labute approximate surface area is 148 Å². The molecule has 0 spiro atoms. The van der Waals surface area contributed by atoms with Crippen LogP contribution >= 0.6 is 0 Å². The van der Waals surface area contributed by atoms with E-state index in [9.17, 15) is 9.59 Å². The van der Waals surface area contributed by atoms with Gasteiger partial charge in [0.15, 0.2) is 5.78 Å². The minimum atomic E-state index is -0.241. The predicted molar refractivity (Wildman–Crippen MR) is 100 cm³/mol. The van der Waals surface area contributed by atoms with Crippen LogP contribution in [0.5, 0.6) is 0 Å². The summed E-state index contributed by atoms with van der Waals surface area (Å²) in [5, 5.41) is 2.80. The number of aliphatic imine (C=N–C) groups is 1. The van der Waals surface area contributed by atoms with E-state index in [4.69, 9.17) is 4.99 Å². The van der Waals surface area contributed by atoms with E-state index in [1.54, 1.807) is 0 Å². The van der Waals surface area contributed by atoms with E-state index in [0.29, 0.717) is 5.56 Å². The lowest BCUT2D eigenvalue weighted by molar-refractivity contribution is -0.114. The van der Waals surface area contributed by atoms with Gasteiger partial charge in [0.05, 0.1) is 17.7 Å². The molecular weight excluding hydrogens is 312 g/mol. The van der Waals surface area contributed by atoms with Crippen LogP contribution in [-0.2, 0) is 11.2 Å². The van der Waals surface area contributed by atoms with Gasteiger partial charge in [0.25, 0.3) is 0 Å². The van der Waals surface area contributed by atoms with Crippen molar-refractivity contribution in [3.05, 3.63) is 65.2 Å². The van der Waals surface area contributed by atoms with Gasteiger partial charge in [0.2, 0.25) is 5.91 Å². The highest BCUT2D eigenvalue weighted by molar-refractivity contribution is 6.17. The fraction of sp³-hybridized carbons (Fsp3) is 0.286. The summed E-state index contributed by atoms with van der Waals surface area (Å²) in [6.07, 6.45) is 1.07. The maximum absolute atomic E-state index is 12.6. The summed E-state index contributed by atoms with van der Waals surface area (Å²) in [4.78, 5) is 28.8. The summed E-state index contributed by atoms with van der Waals surface area (Å²) in [6, 6.07) is 15.1. The lowest BCUT2D eigenvalue weighted by atomic mass is 9.85. The molecule has 4 heteroatoms.